The molecule has 2 aromatic heterocycles. The first-order valence-electron chi connectivity index (χ1n) is 10.00. The molecule has 1 aliphatic heterocycles. The summed E-state index contributed by atoms with van der Waals surface area (Å²) in [6.45, 7) is 6.37. The Hall–Kier alpha value is -3.22. The second kappa shape index (κ2) is 7.66. The van der Waals surface area contributed by atoms with Crippen LogP contribution in [0, 0.1) is 0 Å². The molecule has 1 aromatic carbocycles. The van der Waals surface area contributed by atoms with E-state index in [0.29, 0.717) is 5.95 Å². The Bertz CT molecular complexity index is 1000. The number of carbonyl (C=O) groups is 1. The van der Waals surface area contributed by atoms with Gasteiger partial charge in [0.1, 0.15) is 12.3 Å². The zero-order valence-electron chi connectivity index (χ0n) is 17.2. The summed E-state index contributed by atoms with van der Waals surface area (Å²) in [4.78, 5) is 25.6. The van der Waals surface area contributed by atoms with Gasteiger partial charge in [0.05, 0.1) is 29.8 Å². The molecule has 2 atom stereocenters. The van der Waals surface area contributed by atoms with Gasteiger partial charge in [-0.25, -0.2) is 4.98 Å². The summed E-state index contributed by atoms with van der Waals surface area (Å²) in [5.41, 5.74) is 2.85. The molecule has 0 N–H and O–H groups in total. The zero-order chi connectivity index (χ0) is 20.5. The lowest BCUT2D eigenvalue weighted by Crippen LogP contribution is -2.58. The van der Waals surface area contributed by atoms with Gasteiger partial charge < -0.3 is 14.6 Å². The molecule has 0 amide bonds. The molecule has 0 aliphatic carbocycles. The molecule has 0 saturated heterocycles. The summed E-state index contributed by atoms with van der Waals surface area (Å²) in [5.74, 6) is 1.36. The molecule has 3 aromatic rings. The summed E-state index contributed by atoms with van der Waals surface area (Å²) < 4.78 is 1.76. The lowest BCUT2D eigenvalue weighted by molar-refractivity contribution is -0.109. The predicted molar refractivity (Wildman–Crippen MR) is 115 cm³/mol. The number of benzene rings is 1. The van der Waals surface area contributed by atoms with Gasteiger partial charge in [-0.1, -0.05) is 37.3 Å². The van der Waals surface area contributed by atoms with Crippen molar-refractivity contribution in [3.63, 3.8) is 0 Å². The van der Waals surface area contributed by atoms with Gasteiger partial charge in [0.2, 0.25) is 0 Å². The van der Waals surface area contributed by atoms with Crippen LogP contribution in [0.3, 0.4) is 0 Å². The summed E-state index contributed by atoms with van der Waals surface area (Å²) in [6.07, 6.45) is 5.43. The van der Waals surface area contributed by atoms with Crippen LogP contribution in [0.2, 0.25) is 0 Å². The van der Waals surface area contributed by atoms with Gasteiger partial charge in [0.15, 0.2) is 5.82 Å². The maximum Gasteiger partial charge on any atom is 0.253 e. The Kier molecular flexibility index (Phi) is 5.05. The number of likely N-dealkylation sites (N-methyl/N-ethyl adjacent to an activating group) is 1. The highest BCUT2D eigenvalue weighted by Gasteiger charge is 2.39. The van der Waals surface area contributed by atoms with Gasteiger partial charge in [0, 0.05) is 18.7 Å². The van der Waals surface area contributed by atoms with Crippen LogP contribution in [0.1, 0.15) is 27.2 Å². The lowest BCUT2D eigenvalue weighted by atomic mass is 9.98. The molecule has 29 heavy (non-hydrogen) atoms. The van der Waals surface area contributed by atoms with E-state index in [9.17, 15) is 4.79 Å². The Balaban J connectivity index is 1.85. The molecule has 0 saturated carbocycles. The monoisotopic (exact) mass is 390 g/mol. The fraction of sp³-hybridized carbons (Fsp3) is 0.364. The van der Waals surface area contributed by atoms with Crippen molar-refractivity contribution in [2.24, 2.45) is 0 Å². The Morgan fingerprint density at radius 1 is 1.17 bits per heavy atom. The van der Waals surface area contributed by atoms with Crippen molar-refractivity contribution in [2.45, 2.75) is 45.3 Å². The van der Waals surface area contributed by atoms with Crippen LogP contribution in [-0.4, -0.2) is 51.2 Å². The van der Waals surface area contributed by atoms with E-state index in [1.54, 1.807) is 17.1 Å². The first-order valence-corrected chi connectivity index (χ1v) is 10.00. The molecular formula is C22H26N6O. The summed E-state index contributed by atoms with van der Waals surface area (Å²) in [5, 5.41) is 4.47. The van der Waals surface area contributed by atoms with E-state index in [1.807, 2.05) is 48.3 Å². The van der Waals surface area contributed by atoms with E-state index in [0.717, 1.165) is 35.5 Å². The first-order chi connectivity index (χ1) is 14.1. The molecular weight excluding hydrogens is 364 g/mol. The average molecular weight is 390 g/mol. The van der Waals surface area contributed by atoms with E-state index in [2.05, 4.69) is 35.8 Å². The van der Waals surface area contributed by atoms with Crippen LogP contribution in [0.15, 0.2) is 48.8 Å². The minimum absolute atomic E-state index is 0.0546. The molecule has 3 heterocycles. The van der Waals surface area contributed by atoms with Crippen LogP contribution in [0.25, 0.3) is 17.2 Å². The maximum absolute atomic E-state index is 11.8. The third kappa shape index (κ3) is 3.16. The fourth-order valence-electron chi connectivity index (χ4n) is 4.18. The van der Waals surface area contributed by atoms with Gasteiger partial charge >= 0.3 is 0 Å². The van der Waals surface area contributed by atoms with E-state index < -0.39 is 0 Å². The van der Waals surface area contributed by atoms with Crippen LogP contribution in [0.5, 0.6) is 0 Å². The number of aromatic nitrogens is 4. The van der Waals surface area contributed by atoms with Gasteiger partial charge in [-0.05, 0) is 26.3 Å². The molecule has 0 spiro atoms. The second-order valence-electron chi connectivity index (χ2n) is 7.59. The van der Waals surface area contributed by atoms with Crippen LogP contribution < -0.4 is 9.80 Å². The maximum atomic E-state index is 11.8. The highest BCUT2D eigenvalue weighted by molar-refractivity contribution is 5.79. The van der Waals surface area contributed by atoms with Crippen molar-refractivity contribution in [2.75, 3.05) is 16.8 Å². The summed E-state index contributed by atoms with van der Waals surface area (Å²) >= 11 is 0. The van der Waals surface area contributed by atoms with Crippen molar-refractivity contribution in [1.29, 1.82) is 0 Å². The number of hydrogen-bond acceptors (Lipinski definition) is 6. The fourth-order valence-corrected chi connectivity index (χ4v) is 4.18. The minimum atomic E-state index is -0.228. The number of rotatable bonds is 5. The molecule has 150 valence electrons. The number of fused-ring (bicyclic) bond motifs is 1. The second-order valence-corrected chi connectivity index (χ2v) is 7.59. The minimum Gasteiger partial charge on any atom is -0.359 e. The summed E-state index contributed by atoms with van der Waals surface area (Å²) in [6, 6.07) is 12.1. The van der Waals surface area contributed by atoms with E-state index in [4.69, 9.17) is 4.98 Å². The molecule has 0 radical (unpaired) electrons. The molecule has 7 nitrogen and oxygen atoms in total. The predicted octanol–water partition coefficient (Wildman–Crippen LogP) is 3.34. The lowest BCUT2D eigenvalue weighted by Gasteiger charge is -2.47. The van der Waals surface area contributed by atoms with Crippen LogP contribution in [0.4, 0.5) is 11.5 Å². The third-order valence-electron chi connectivity index (χ3n) is 5.58. The van der Waals surface area contributed by atoms with E-state index in [1.165, 1.54) is 0 Å². The molecule has 1 aliphatic rings. The van der Waals surface area contributed by atoms with Crippen molar-refractivity contribution in [3.05, 3.63) is 48.8 Å². The summed E-state index contributed by atoms with van der Waals surface area (Å²) in [7, 11) is 1.94. The number of aldehydes is 1. The Labute approximate surface area is 171 Å². The third-order valence-corrected chi connectivity index (χ3v) is 5.58. The molecule has 4 rings (SSSR count). The standard InChI is InChI=1S/C22H26N6O/c1-5-17-20(14-29)26(4)19-13-23-22(25-21(19)27(17)15(2)3)28-18(11-12-24-28)16-9-7-6-8-10-16/h6-15,17,20H,5H2,1-4H3. The quantitative estimate of drug-likeness (QED) is 0.623. The van der Waals surface area contributed by atoms with Gasteiger partial charge in [-0.2, -0.15) is 14.8 Å². The first kappa shape index (κ1) is 19.1. The average Bonchev–Trinajstić information content (AvgIpc) is 3.23. The SMILES string of the molecule is CCC1C(C=O)N(C)c2cnc(-n3nccc3-c3ccccc3)nc2N1C(C)C. The zero-order valence-corrected chi connectivity index (χ0v) is 17.2. The van der Waals surface area contributed by atoms with Crippen molar-refractivity contribution < 1.29 is 4.79 Å². The highest BCUT2D eigenvalue weighted by Crippen LogP contribution is 2.38. The smallest absolute Gasteiger partial charge is 0.253 e. The largest absolute Gasteiger partial charge is 0.359 e. The Morgan fingerprint density at radius 3 is 2.59 bits per heavy atom. The molecule has 0 fully saturated rings. The van der Waals surface area contributed by atoms with E-state index in [-0.39, 0.29) is 18.1 Å². The number of nitrogens with zero attached hydrogens (tertiary/aromatic N) is 6. The van der Waals surface area contributed by atoms with E-state index >= 15 is 0 Å². The topological polar surface area (TPSA) is 67.2 Å². The number of carbonyl (C=O) groups excluding carboxylic acids is 1. The van der Waals surface area contributed by atoms with Gasteiger partial charge in [-0.3, -0.25) is 0 Å². The number of anilines is 2. The molecule has 7 heteroatoms. The van der Waals surface area contributed by atoms with Crippen molar-refractivity contribution in [1.82, 2.24) is 19.7 Å². The van der Waals surface area contributed by atoms with Gasteiger partial charge in [0.25, 0.3) is 5.95 Å². The highest BCUT2D eigenvalue weighted by atomic mass is 16.1. The van der Waals surface area contributed by atoms with Crippen LogP contribution in [-0.2, 0) is 4.79 Å². The molecule has 0 bridgehead atoms. The Morgan fingerprint density at radius 2 is 1.93 bits per heavy atom. The van der Waals surface area contributed by atoms with Crippen LogP contribution >= 0.6 is 0 Å². The normalized spacial score (nSPS) is 18.8. The number of hydrogen-bond donors (Lipinski definition) is 0. The molecule has 2 unspecified atom stereocenters. The van der Waals surface area contributed by atoms with Crippen molar-refractivity contribution >= 4 is 17.8 Å². The van der Waals surface area contributed by atoms with Crippen molar-refractivity contribution in [3.8, 4) is 17.2 Å². The van der Waals surface area contributed by atoms with Gasteiger partial charge in [-0.15, -0.1) is 0 Å².